The molecule has 28 heavy (non-hydrogen) atoms. The zero-order valence-corrected chi connectivity index (χ0v) is 17.6. The Kier molecular flexibility index (Phi) is 11.1. The van der Waals surface area contributed by atoms with Crippen molar-refractivity contribution in [3.63, 3.8) is 0 Å². The molecule has 1 N–H and O–H groups in total. The van der Waals surface area contributed by atoms with Crippen LogP contribution in [0.15, 0.2) is 40.9 Å². The third-order valence-corrected chi connectivity index (χ3v) is 4.45. The van der Waals surface area contributed by atoms with Gasteiger partial charge in [-0.3, -0.25) is 9.69 Å². The number of methoxy groups -OCH3 is 1. The zero-order chi connectivity index (χ0) is 18.2. The number of hydrogen-bond donors (Lipinski definition) is 1. The van der Waals surface area contributed by atoms with E-state index in [2.05, 4.69) is 15.2 Å². The van der Waals surface area contributed by atoms with Gasteiger partial charge in [-0.1, -0.05) is 30.3 Å². The molecule has 2 heterocycles. The summed E-state index contributed by atoms with van der Waals surface area (Å²) in [5.41, 5.74) is 1.03. The second-order valence-corrected chi connectivity index (χ2v) is 6.31. The summed E-state index contributed by atoms with van der Waals surface area (Å²) in [5, 5.41) is 3.10. The van der Waals surface area contributed by atoms with Gasteiger partial charge in [0.25, 0.3) is 0 Å². The van der Waals surface area contributed by atoms with E-state index < -0.39 is 0 Å². The SMILES string of the molecule is COCCNCC(=O)N1CCN(Cc2ncc(-c3ccccc3)o2)CC1.Cl.Cl. The number of aromatic nitrogens is 1. The highest BCUT2D eigenvalue weighted by atomic mass is 35.5. The fraction of sp³-hybridized carbons (Fsp3) is 0.474. The number of nitrogens with one attached hydrogen (secondary N) is 1. The van der Waals surface area contributed by atoms with Gasteiger partial charge in [-0.25, -0.2) is 4.98 Å². The molecular formula is C19H28Cl2N4O3. The first-order valence-corrected chi connectivity index (χ1v) is 8.96. The third-order valence-electron chi connectivity index (χ3n) is 4.45. The van der Waals surface area contributed by atoms with E-state index in [9.17, 15) is 4.79 Å². The Morgan fingerprint density at radius 3 is 2.57 bits per heavy atom. The number of rotatable bonds is 8. The molecule has 7 nitrogen and oxygen atoms in total. The normalized spacial score (nSPS) is 14.2. The molecule has 0 unspecified atom stereocenters. The Labute approximate surface area is 178 Å². The van der Waals surface area contributed by atoms with Crippen LogP contribution in [0.4, 0.5) is 0 Å². The zero-order valence-electron chi connectivity index (χ0n) is 16.0. The van der Waals surface area contributed by atoms with E-state index in [4.69, 9.17) is 9.15 Å². The van der Waals surface area contributed by atoms with E-state index in [0.29, 0.717) is 32.1 Å². The van der Waals surface area contributed by atoms with Crippen molar-refractivity contribution in [3.8, 4) is 11.3 Å². The molecule has 3 rings (SSSR count). The largest absolute Gasteiger partial charge is 0.439 e. The summed E-state index contributed by atoms with van der Waals surface area (Å²) in [6, 6.07) is 9.97. The number of halogens is 2. The van der Waals surface area contributed by atoms with E-state index in [1.807, 2.05) is 35.2 Å². The second kappa shape index (κ2) is 12.7. The van der Waals surface area contributed by atoms with Crippen molar-refractivity contribution in [1.82, 2.24) is 20.1 Å². The molecule has 0 bridgehead atoms. The van der Waals surface area contributed by atoms with Gasteiger partial charge in [0, 0.05) is 45.4 Å². The number of oxazole rings is 1. The number of piperazine rings is 1. The highest BCUT2D eigenvalue weighted by Gasteiger charge is 2.22. The molecule has 1 aliphatic rings. The molecular weight excluding hydrogens is 403 g/mol. The van der Waals surface area contributed by atoms with Crippen LogP contribution < -0.4 is 5.32 Å². The molecule has 9 heteroatoms. The van der Waals surface area contributed by atoms with Crippen molar-refractivity contribution in [2.45, 2.75) is 6.54 Å². The molecule has 1 fully saturated rings. The Balaban J connectivity index is 0.00000196. The lowest BCUT2D eigenvalue weighted by molar-refractivity contribution is -0.132. The van der Waals surface area contributed by atoms with Gasteiger partial charge in [-0.2, -0.15) is 0 Å². The predicted octanol–water partition coefficient (Wildman–Crippen LogP) is 2.07. The first kappa shape index (κ1) is 24.4. The molecule has 1 aliphatic heterocycles. The van der Waals surface area contributed by atoms with Crippen LogP contribution in [0, 0.1) is 0 Å². The highest BCUT2D eigenvalue weighted by molar-refractivity contribution is 5.85. The van der Waals surface area contributed by atoms with Gasteiger partial charge in [0.1, 0.15) is 0 Å². The minimum atomic E-state index is 0. The quantitative estimate of drug-likeness (QED) is 0.646. The van der Waals surface area contributed by atoms with Crippen LogP contribution in [0.5, 0.6) is 0 Å². The molecule has 0 spiro atoms. The maximum atomic E-state index is 12.2. The first-order chi connectivity index (χ1) is 12.8. The third kappa shape index (κ3) is 7.07. The van der Waals surface area contributed by atoms with Crippen LogP contribution in [-0.4, -0.2) is 73.7 Å². The number of ether oxygens (including phenoxy) is 1. The Morgan fingerprint density at radius 1 is 1.18 bits per heavy atom. The Bertz CT molecular complexity index is 691. The topological polar surface area (TPSA) is 70.8 Å². The van der Waals surface area contributed by atoms with E-state index in [1.165, 1.54) is 0 Å². The maximum absolute atomic E-state index is 12.2. The van der Waals surface area contributed by atoms with Crippen LogP contribution in [-0.2, 0) is 16.1 Å². The van der Waals surface area contributed by atoms with E-state index in [-0.39, 0.29) is 30.7 Å². The number of amides is 1. The van der Waals surface area contributed by atoms with Crippen LogP contribution >= 0.6 is 24.8 Å². The number of benzene rings is 1. The second-order valence-electron chi connectivity index (χ2n) is 6.31. The fourth-order valence-electron chi connectivity index (χ4n) is 2.95. The summed E-state index contributed by atoms with van der Waals surface area (Å²) in [6.07, 6.45) is 1.77. The van der Waals surface area contributed by atoms with Crippen LogP contribution in [0.2, 0.25) is 0 Å². The van der Waals surface area contributed by atoms with Gasteiger partial charge in [0.2, 0.25) is 11.8 Å². The molecule has 1 aromatic heterocycles. The van der Waals surface area contributed by atoms with Gasteiger partial charge >= 0.3 is 0 Å². The predicted molar refractivity (Wildman–Crippen MR) is 113 cm³/mol. The molecule has 1 aromatic carbocycles. The monoisotopic (exact) mass is 430 g/mol. The lowest BCUT2D eigenvalue weighted by Crippen LogP contribution is -2.50. The van der Waals surface area contributed by atoms with E-state index >= 15 is 0 Å². The lowest BCUT2D eigenvalue weighted by Gasteiger charge is -2.34. The van der Waals surface area contributed by atoms with Gasteiger partial charge in [-0.05, 0) is 0 Å². The molecule has 0 atom stereocenters. The van der Waals surface area contributed by atoms with Crippen molar-refractivity contribution in [2.75, 3.05) is 53.0 Å². The van der Waals surface area contributed by atoms with Crippen molar-refractivity contribution in [3.05, 3.63) is 42.4 Å². The van der Waals surface area contributed by atoms with Crippen LogP contribution in [0.25, 0.3) is 11.3 Å². The molecule has 0 aliphatic carbocycles. The average Bonchev–Trinajstić information content (AvgIpc) is 3.15. The number of hydrogen-bond acceptors (Lipinski definition) is 6. The molecule has 1 saturated heterocycles. The smallest absolute Gasteiger partial charge is 0.236 e. The van der Waals surface area contributed by atoms with Gasteiger partial charge in [0.15, 0.2) is 5.76 Å². The Hall–Kier alpha value is -1.64. The maximum Gasteiger partial charge on any atom is 0.236 e. The lowest BCUT2D eigenvalue weighted by atomic mass is 10.2. The number of carbonyl (C=O) groups is 1. The molecule has 0 saturated carbocycles. The summed E-state index contributed by atoms with van der Waals surface area (Å²) >= 11 is 0. The van der Waals surface area contributed by atoms with Gasteiger partial charge < -0.3 is 19.4 Å². The molecule has 156 valence electrons. The summed E-state index contributed by atoms with van der Waals surface area (Å²) in [5.74, 6) is 1.64. The summed E-state index contributed by atoms with van der Waals surface area (Å²) in [6.45, 7) is 5.45. The molecule has 2 aromatic rings. The molecule has 0 radical (unpaired) electrons. The minimum Gasteiger partial charge on any atom is -0.439 e. The number of carbonyl (C=O) groups excluding carboxylic acids is 1. The molecule has 1 amide bonds. The first-order valence-electron chi connectivity index (χ1n) is 8.96. The fourth-order valence-corrected chi connectivity index (χ4v) is 2.95. The van der Waals surface area contributed by atoms with Crippen LogP contribution in [0.3, 0.4) is 0 Å². The Morgan fingerprint density at radius 2 is 1.89 bits per heavy atom. The average molecular weight is 431 g/mol. The van der Waals surface area contributed by atoms with Crippen molar-refractivity contribution in [2.24, 2.45) is 0 Å². The number of nitrogens with zero attached hydrogens (tertiary/aromatic N) is 3. The van der Waals surface area contributed by atoms with Crippen molar-refractivity contribution in [1.29, 1.82) is 0 Å². The van der Waals surface area contributed by atoms with E-state index in [0.717, 1.165) is 37.5 Å². The van der Waals surface area contributed by atoms with Gasteiger partial charge in [0.05, 0.1) is 25.9 Å². The van der Waals surface area contributed by atoms with E-state index in [1.54, 1.807) is 13.3 Å². The highest BCUT2D eigenvalue weighted by Crippen LogP contribution is 2.20. The summed E-state index contributed by atoms with van der Waals surface area (Å²) < 4.78 is 10.8. The van der Waals surface area contributed by atoms with Crippen molar-refractivity contribution >= 4 is 30.7 Å². The van der Waals surface area contributed by atoms with Gasteiger partial charge in [-0.15, -0.1) is 24.8 Å². The standard InChI is InChI=1S/C19H26N4O3.2ClH/c1-25-12-7-20-14-19(24)23-10-8-22(9-11-23)15-18-21-13-17(26-18)16-5-3-2-4-6-16;;/h2-6,13,20H,7-12,14-15H2,1H3;2*1H. The summed E-state index contributed by atoms with van der Waals surface area (Å²) in [4.78, 5) is 20.7. The summed E-state index contributed by atoms with van der Waals surface area (Å²) in [7, 11) is 1.65. The van der Waals surface area contributed by atoms with Crippen molar-refractivity contribution < 1.29 is 13.9 Å². The van der Waals surface area contributed by atoms with Crippen LogP contribution in [0.1, 0.15) is 5.89 Å². The minimum absolute atomic E-state index is 0.